The lowest BCUT2D eigenvalue weighted by atomic mass is 10.3. The summed E-state index contributed by atoms with van der Waals surface area (Å²) >= 11 is 11.7. The fraction of sp³-hybridized carbons (Fsp3) is 0. The smallest absolute Gasteiger partial charge is 0.276 e. The predicted molar refractivity (Wildman–Crippen MR) is 66.4 cm³/mol. The minimum atomic E-state index is -0.387. The molecule has 1 aromatic heterocycles. The van der Waals surface area contributed by atoms with E-state index in [0.717, 1.165) is 0 Å². The van der Waals surface area contributed by atoms with Crippen LogP contribution in [0.25, 0.3) is 0 Å². The first-order valence-corrected chi connectivity index (χ1v) is 5.46. The van der Waals surface area contributed by atoms with Gasteiger partial charge in [0.05, 0.1) is 10.7 Å². The van der Waals surface area contributed by atoms with E-state index < -0.39 is 0 Å². The third-order valence-corrected chi connectivity index (χ3v) is 2.55. The van der Waals surface area contributed by atoms with Gasteiger partial charge in [-0.25, -0.2) is 0 Å². The van der Waals surface area contributed by atoms with E-state index >= 15 is 0 Å². The van der Waals surface area contributed by atoms with Crippen LogP contribution < -0.4 is 5.32 Å². The number of hydrogen-bond acceptors (Lipinski definition) is 3. The summed E-state index contributed by atoms with van der Waals surface area (Å²) in [5.41, 5.74) is 0.651. The zero-order valence-corrected chi connectivity index (χ0v) is 10.0. The Morgan fingerprint density at radius 3 is 2.76 bits per heavy atom. The highest BCUT2D eigenvalue weighted by atomic mass is 35.5. The largest absolute Gasteiger partial charge is 0.319 e. The normalized spacial score (nSPS) is 10.0. The Labute approximate surface area is 108 Å². The lowest BCUT2D eigenvalue weighted by Gasteiger charge is -2.06. The summed E-state index contributed by atoms with van der Waals surface area (Å²) in [6.45, 7) is 0. The molecule has 0 saturated heterocycles. The van der Waals surface area contributed by atoms with Crippen LogP contribution in [0.15, 0.2) is 36.5 Å². The Kier molecular flexibility index (Phi) is 3.56. The fourth-order valence-corrected chi connectivity index (χ4v) is 1.54. The number of benzene rings is 1. The van der Waals surface area contributed by atoms with E-state index in [9.17, 15) is 4.79 Å². The van der Waals surface area contributed by atoms with Crippen molar-refractivity contribution < 1.29 is 4.79 Å². The van der Waals surface area contributed by atoms with Crippen LogP contribution in [0.3, 0.4) is 0 Å². The van der Waals surface area contributed by atoms with Crippen molar-refractivity contribution in [2.75, 3.05) is 5.32 Å². The Hall–Kier alpha value is -1.65. The van der Waals surface area contributed by atoms with Gasteiger partial charge < -0.3 is 5.32 Å². The van der Waals surface area contributed by atoms with Crippen molar-refractivity contribution >= 4 is 34.8 Å². The van der Waals surface area contributed by atoms with Crippen molar-refractivity contribution in [3.8, 4) is 0 Å². The summed E-state index contributed by atoms with van der Waals surface area (Å²) in [5, 5.41) is 10.8. The minimum absolute atomic E-state index is 0.212. The summed E-state index contributed by atoms with van der Waals surface area (Å²) in [5.74, 6) is -0.387. The zero-order valence-electron chi connectivity index (χ0n) is 8.52. The fourth-order valence-electron chi connectivity index (χ4n) is 1.20. The van der Waals surface area contributed by atoms with E-state index in [2.05, 4.69) is 15.5 Å². The standard InChI is InChI=1S/C11H7Cl2N3O/c12-7-3-4-8(13)10(6-7)15-11(17)9-2-1-5-14-16-9/h1-6H,(H,15,17). The van der Waals surface area contributed by atoms with Crippen LogP contribution in [0.4, 0.5) is 5.69 Å². The second-order valence-electron chi connectivity index (χ2n) is 3.19. The molecule has 0 saturated carbocycles. The SMILES string of the molecule is O=C(Nc1cc(Cl)ccc1Cl)c1cccnn1. The van der Waals surface area contributed by atoms with E-state index in [1.807, 2.05) is 0 Å². The van der Waals surface area contributed by atoms with Gasteiger partial charge in [-0.05, 0) is 30.3 Å². The van der Waals surface area contributed by atoms with Crippen molar-refractivity contribution in [1.82, 2.24) is 10.2 Å². The molecule has 4 nitrogen and oxygen atoms in total. The minimum Gasteiger partial charge on any atom is -0.319 e. The number of carbonyl (C=O) groups excluding carboxylic acids is 1. The van der Waals surface area contributed by atoms with Gasteiger partial charge in [0.2, 0.25) is 0 Å². The Balaban J connectivity index is 2.22. The van der Waals surface area contributed by atoms with Gasteiger partial charge in [0.25, 0.3) is 5.91 Å². The Bertz CT molecular complexity index is 546. The van der Waals surface area contributed by atoms with E-state index in [-0.39, 0.29) is 11.6 Å². The van der Waals surface area contributed by atoms with Crippen LogP contribution in [0.5, 0.6) is 0 Å². The number of halogens is 2. The third-order valence-electron chi connectivity index (χ3n) is 1.98. The Morgan fingerprint density at radius 1 is 1.24 bits per heavy atom. The van der Waals surface area contributed by atoms with E-state index in [4.69, 9.17) is 23.2 Å². The molecule has 2 aromatic rings. The summed E-state index contributed by atoms with van der Waals surface area (Å²) < 4.78 is 0. The van der Waals surface area contributed by atoms with Crippen LogP contribution >= 0.6 is 23.2 Å². The lowest BCUT2D eigenvalue weighted by molar-refractivity contribution is 0.102. The average molecular weight is 268 g/mol. The van der Waals surface area contributed by atoms with Gasteiger partial charge in [0.15, 0.2) is 5.69 Å². The topological polar surface area (TPSA) is 54.9 Å². The second kappa shape index (κ2) is 5.12. The molecular formula is C11H7Cl2N3O. The highest BCUT2D eigenvalue weighted by Gasteiger charge is 2.09. The molecule has 2 rings (SSSR count). The summed E-state index contributed by atoms with van der Waals surface area (Å²) in [6, 6.07) is 8.00. The van der Waals surface area contributed by atoms with Crippen LogP contribution in [-0.2, 0) is 0 Å². The van der Waals surface area contributed by atoms with Crippen molar-refractivity contribution in [3.05, 3.63) is 52.3 Å². The molecule has 86 valence electrons. The number of anilines is 1. The maximum Gasteiger partial charge on any atom is 0.276 e. The van der Waals surface area contributed by atoms with Crippen molar-refractivity contribution in [2.45, 2.75) is 0 Å². The number of nitrogens with zero attached hydrogens (tertiary/aromatic N) is 2. The van der Waals surface area contributed by atoms with Crippen molar-refractivity contribution in [1.29, 1.82) is 0 Å². The number of aromatic nitrogens is 2. The maximum atomic E-state index is 11.8. The summed E-state index contributed by atoms with van der Waals surface area (Å²) in [6.07, 6.45) is 1.49. The van der Waals surface area contributed by atoms with Crippen molar-refractivity contribution in [3.63, 3.8) is 0 Å². The average Bonchev–Trinajstić information content (AvgIpc) is 2.35. The molecule has 0 unspecified atom stereocenters. The highest BCUT2D eigenvalue weighted by molar-refractivity contribution is 6.35. The van der Waals surface area contributed by atoms with Crippen LogP contribution in [0, 0.1) is 0 Å². The highest BCUT2D eigenvalue weighted by Crippen LogP contribution is 2.25. The molecule has 17 heavy (non-hydrogen) atoms. The molecule has 0 aliphatic carbocycles. The molecule has 0 radical (unpaired) electrons. The molecule has 0 aliphatic rings. The van der Waals surface area contributed by atoms with Gasteiger partial charge in [-0.2, -0.15) is 5.10 Å². The monoisotopic (exact) mass is 267 g/mol. The van der Waals surface area contributed by atoms with Crippen LogP contribution in [0.1, 0.15) is 10.5 Å². The first kappa shape index (κ1) is 11.8. The molecule has 0 atom stereocenters. The molecular weight excluding hydrogens is 261 g/mol. The van der Waals surface area contributed by atoms with Gasteiger partial charge in [-0.3, -0.25) is 4.79 Å². The van der Waals surface area contributed by atoms with E-state index in [1.165, 1.54) is 6.20 Å². The quantitative estimate of drug-likeness (QED) is 0.910. The first-order valence-electron chi connectivity index (χ1n) is 4.71. The Morgan fingerprint density at radius 2 is 2.06 bits per heavy atom. The molecule has 0 aliphatic heterocycles. The van der Waals surface area contributed by atoms with Gasteiger partial charge in [-0.1, -0.05) is 23.2 Å². The van der Waals surface area contributed by atoms with Gasteiger partial charge in [0.1, 0.15) is 0 Å². The maximum absolute atomic E-state index is 11.8. The number of nitrogens with one attached hydrogen (secondary N) is 1. The lowest BCUT2D eigenvalue weighted by Crippen LogP contribution is -2.14. The van der Waals surface area contributed by atoms with Crippen LogP contribution in [-0.4, -0.2) is 16.1 Å². The molecule has 1 amide bonds. The summed E-state index contributed by atoms with van der Waals surface area (Å²) in [7, 11) is 0. The molecule has 1 N–H and O–H groups in total. The predicted octanol–water partition coefficient (Wildman–Crippen LogP) is 3.04. The van der Waals surface area contributed by atoms with Crippen LogP contribution in [0.2, 0.25) is 10.0 Å². The second-order valence-corrected chi connectivity index (χ2v) is 4.03. The van der Waals surface area contributed by atoms with E-state index in [0.29, 0.717) is 15.7 Å². The molecule has 1 heterocycles. The number of rotatable bonds is 2. The first-order chi connectivity index (χ1) is 8.16. The van der Waals surface area contributed by atoms with Gasteiger partial charge >= 0.3 is 0 Å². The third kappa shape index (κ3) is 2.93. The summed E-state index contributed by atoms with van der Waals surface area (Å²) in [4.78, 5) is 11.8. The number of amides is 1. The molecule has 1 aromatic carbocycles. The number of hydrogen-bond donors (Lipinski definition) is 1. The van der Waals surface area contributed by atoms with Crippen molar-refractivity contribution in [2.24, 2.45) is 0 Å². The van der Waals surface area contributed by atoms with Gasteiger partial charge in [0, 0.05) is 11.2 Å². The van der Waals surface area contributed by atoms with Gasteiger partial charge in [-0.15, -0.1) is 5.10 Å². The number of carbonyl (C=O) groups is 1. The zero-order chi connectivity index (χ0) is 12.3. The molecule has 6 heteroatoms. The molecule has 0 bridgehead atoms. The molecule has 0 spiro atoms. The molecule has 0 fully saturated rings. The van der Waals surface area contributed by atoms with E-state index in [1.54, 1.807) is 30.3 Å².